The van der Waals surface area contributed by atoms with Crippen LogP contribution in [0.4, 0.5) is 0 Å². The number of hydrogen-bond donors (Lipinski definition) is 0. The zero-order valence-corrected chi connectivity index (χ0v) is 16.3. The largest absolute Gasteiger partial charge is 0.464 e. The maximum Gasteiger partial charge on any atom is 0.293 e. The predicted octanol–water partition coefficient (Wildman–Crippen LogP) is 6.54. The van der Waals surface area contributed by atoms with Crippen LogP contribution in [0.3, 0.4) is 0 Å². The van der Waals surface area contributed by atoms with E-state index in [1.54, 1.807) is 0 Å². The molecule has 23 heavy (non-hydrogen) atoms. The molecule has 0 bridgehead atoms. The minimum Gasteiger partial charge on any atom is -0.464 e. The highest BCUT2D eigenvalue weighted by atomic mass is 16.5. The molecule has 0 saturated heterocycles. The van der Waals surface area contributed by atoms with Crippen LogP contribution in [0.2, 0.25) is 0 Å². The minimum absolute atomic E-state index is 0.416. The van der Waals surface area contributed by atoms with Crippen molar-refractivity contribution < 1.29 is 9.53 Å². The zero-order valence-electron chi connectivity index (χ0n) is 16.3. The average molecular weight is 325 g/mol. The molecule has 0 fully saturated rings. The van der Waals surface area contributed by atoms with Crippen molar-refractivity contribution in [3.05, 3.63) is 11.6 Å². The summed E-state index contributed by atoms with van der Waals surface area (Å²) in [7, 11) is 0. The van der Waals surface area contributed by atoms with E-state index in [-0.39, 0.29) is 0 Å². The van der Waals surface area contributed by atoms with Gasteiger partial charge in [0.15, 0.2) is 0 Å². The highest BCUT2D eigenvalue weighted by Gasteiger charge is 2.06. The molecule has 0 aliphatic carbocycles. The van der Waals surface area contributed by atoms with Crippen LogP contribution in [-0.4, -0.2) is 13.1 Å². The second kappa shape index (κ2) is 14.8. The van der Waals surface area contributed by atoms with Crippen LogP contribution in [-0.2, 0) is 9.53 Å². The Bertz CT molecular complexity index is 307. The van der Waals surface area contributed by atoms with Crippen LogP contribution in [0, 0.1) is 17.8 Å². The first-order valence-electron chi connectivity index (χ1n) is 9.66. The summed E-state index contributed by atoms with van der Waals surface area (Å²) in [5.74, 6) is 2.57. The Morgan fingerprint density at radius 3 is 1.91 bits per heavy atom. The lowest BCUT2D eigenvalue weighted by Crippen LogP contribution is -2.00. The van der Waals surface area contributed by atoms with E-state index in [2.05, 4.69) is 34.6 Å². The van der Waals surface area contributed by atoms with Crippen LogP contribution < -0.4 is 0 Å². The van der Waals surface area contributed by atoms with Crippen molar-refractivity contribution in [1.29, 1.82) is 0 Å². The second-order valence-electron chi connectivity index (χ2n) is 7.84. The van der Waals surface area contributed by atoms with Gasteiger partial charge in [-0.05, 0) is 43.6 Å². The van der Waals surface area contributed by atoms with Crippen LogP contribution in [0.15, 0.2) is 11.6 Å². The number of carbonyl (C=O) groups is 1. The van der Waals surface area contributed by atoms with Crippen molar-refractivity contribution >= 4 is 6.47 Å². The third kappa shape index (κ3) is 15.9. The molecule has 0 radical (unpaired) electrons. The van der Waals surface area contributed by atoms with E-state index in [0.29, 0.717) is 13.1 Å². The molecule has 2 heteroatoms. The molecule has 2 atom stereocenters. The third-order valence-corrected chi connectivity index (χ3v) is 4.74. The summed E-state index contributed by atoms with van der Waals surface area (Å²) in [5.41, 5.74) is 1.33. The average Bonchev–Trinajstić information content (AvgIpc) is 2.47. The van der Waals surface area contributed by atoms with Gasteiger partial charge in [0, 0.05) is 0 Å². The van der Waals surface area contributed by atoms with Crippen molar-refractivity contribution in [2.75, 3.05) is 6.61 Å². The molecule has 2 nitrogen and oxygen atoms in total. The standard InChI is InChI=1S/C21H40O2/c1-18(2)9-6-10-19(3)11-7-12-20(4)13-8-14-21(5)15-16-23-17-22/h15,17-20H,6-14,16H2,1-5H3. The quantitative estimate of drug-likeness (QED) is 0.194. The Kier molecular flexibility index (Phi) is 14.3. The van der Waals surface area contributed by atoms with E-state index in [4.69, 9.17) is 4.74 Å². The summed E-state index contributed by atoms with van der Waals surface area (Å²) >= 11 is 0. The summed E-state index contributed by atoms with van der Waals surface area (Å²) in [6, 6.07) is 0. The van der Waals surface area contributed by atoms with Crippen LogP contribution in [0.5, 0.6) is 0 Å². The SMILES string of the molecule is CC(=CCOC=O)CCCC(C)CCCC(C)CCCC(C)C. The van der Waals surface area contributed by atoms with Gasteiger partial charge in [-0.15, -0.1) is 0 Å². The number of allylic oxidation sites excluding steroid dienone is 1. The van der Waals surface area contributed by atoms with Crippen LogP contribution in [0.25, 0.3) is 0 Å². The molecule has 0 heterocycles. The van der Waals surface area contributed by atoms with Gasteiger partial charge in [0.2, 0.25) is 0 Å². The lowest BCUT2D eigenvalue weighted by molar-refractivity contribution is -0.127. The van der Waals surface area contributed by atoms with Gasteiger partial charge in [-0.25, -0.2) is 0 Å². The molecule has 0 amide bonds. The maximum atomic E-state index is 10.1. The van der Waals surface area contributed by atoms with Crippen molar-refractivity contribution in [3.63, 3.8) is 0 Å². The Morgan fingerprint density at radius 2 is 1.39 bits per heavy atom. The van der Waals surface area contributed by atoms with E-state index in [1.807, 2.05) is 6.08 Å². The summed E-state index contributed by atoms with van der Waals surface area (Å²) in [6.07, 6.45) is 14.0. The van der Waals surface area contributed by atoms with Crippen molar-refractivity contribution in [3.8, 4) is 0 Å². The molecule has 0 saturated carbocycles. The molecular weight excluding hydrogens is 284 g/mol. The molecule has 0 N–H and O–H groups in total. The van der Waals surface area contributed by atoms with E-state index in [0.717, 1.165) is 24.2 Å². The summed E-state index contributed by atoms with van der Waals surface area (Å²) in [5, 5.41) is 0. The van der Waals surface area contributed by atoms with E-state index >= 15 is 0 Å². The fourth-order valence-electron chi connectivity index (χ4n) is 3.04. The smallest absolute Gasteiger partial charge is 0.293 e. The monoisotopic (exact) mass is 324 g/mol. The van der Waals surface area contributed by atoms with Crippen molar-refractivity contribution in [2.45, 2.75) is 92.4 Å². The van der Waals surface area contributed by atoms with Crippen LogP contribution >= 0.6 is 0 Å². The molecule has 2 unspecified atom stereocenters. The van der Waals surface area contributed by atoms with Gasteiger partial charge < -0.3 is 4.74 Å². The van der Waals surface area contributed by atoms with Gasteiger partial charge in [0.1, 0.15) is 6.61 Å². The van der Waals surface area contributed by atoms with Crippen molar-refractivity contribution in [2.24, 2.45) is 17.8 Å². The Morgan fingerprint density at radius 1 is 0.870 bits per heavy atom. The lowest BCUT2D eigenvalue weighted by atomic mass is 9.91. The number of hydrogen-bond acceptors (Lipinski definition) is 2. The normalized spacial score (nSPS) is 14.8. The van der Waals surface area contributed by atoms with Gasteiger partial charge in [0.05, 0.1) is 0 Å². The zero-order chi connectivity index (χ0) is 17.5. The predicted molar refractivity (Wildman–Crippen MR) is 100 cm³/mol. The summed E-state index contributed by atoms with van der Waals surface area (Å²) in [4.78, 5) is 10.1. The van der Waals surface area contributed by atoms with E-state index in [9.17, 15) is 4.79 Å². The van der Waals surface area contributed by atoms with Gasteiger partial charge in [0.25, 0.3) is 6.47 Å². The fourth-order valence-corrected chi connectivity index (χ4v) is 3.04. The number of rotatable bonds is 15. The van der Waals surface area contributed by atoms with E-state index in [1.165, 1.54) is 56.9 Å². The molecule has 136 valence electrons. The number of carbonyl (C=O) groups excluding carboxylic acids is 1. The molecule has 0 aliphatic rings. The fraction of sp³-hybridized carbons (Fsp3) is 0.857. The van der Waals surface area contributed by atoms with Crippen LogP contribution in [0.1, 0.15) is 92.4 Å². The first-order valence-corrected chi connectivity index (χ1v) is 9.66. The Labute approximate surface area is 145 Å². The third-order valence-electron chi connectivity index (χ3n) is 4.74. The number of ether oxygens (including phenoxy) is 1. The topological polar surface area (TPSA) is 26.3 Å². The molecule has 0 aromatic heterocycles. The van der Waals surface area contributed by atoms with Gasteiger partial charge >= 0.3 is 0 Å². The maximum absolute atomic E-state index is 10.1. The molecule has 0 aliphatic heterocycles. The molecule has 0 rings (SSSR count). The molecule has 0 spiro atoms. The molecule has 0 aromatic rings. The summed E-state index contributed by atoms with van der Waals surface area (Å²) < 4.78 is 4.69. The minimum atomic E-state index is 0.416. The Hall–Kier alpha value is -0.790. The highest BCUT2D eigenvalue weighted by molar-refractivity contribution is 5.37. The Balaban J connectivity index is 3.57. The van der Waals surface area contributed by atoms with Gasteiger partial charge in [-0.3, -0.25) is 4.79 Å². The first kappa shape index (κ1) is 22.2. The second-order valence-corrected chi connectivity index (χ2v) is 7.84. The lowest BCUT2D eigenvalue weighted by Gasteiger charge is -2.15. The van der Waals surface area contributed by atoms with E-state index < -0.39 is 0 Å². The van der Waals surface area contributed by atoms with Gasteiger partial charge in [-0.2, -0.15) is 0 Å². The van der Waals surface area contributed by atoms with Gasteiger partial charge in [-0.1, -0.05) is 78.2 Å². The summed E-state index contributed by atoms with van der Waals surface area (Å²) in [6.45, 7) is 12.5. The molecular formula is C21H40O2. The van der Waals surface area contributed by atoms with Crippen molar-refractivity contribution in [1.82, 2.24) is 0 Å². The highest BCUT2D eigenvalue weighted by Crippen LogP contribution is 2.21. The molecule has 0 aromatic carbocycles. The first-order chi connectivity index (χ1) is 11.0.